The molecule has 1 aromatic rings. The SMILES string of the molecule is CCCCOC1C(C)OC(Sc2ccccc2)C(OC(C)=O)C1OCCCC. The van der Waals surface area contributed by atoms with Crippen LogP contribution < -0.4 is 0 Å². The molecule has 1 fully saturated rings. The van der Waals surface area contributed by atoms with Crippen LogP contribution in [-0.2, 0) is 23.7 Å². The van der Waals surface area contributed by atoms with Gasteiger partial charge in [-0.15, -0.1) is 0 Å². The Labute approximate surface area is 173 Å². The number of benzene rings is 1. The standard InChI is InChI=1S/C22H34O5S/c1-5-7-14-24-19-16(3)26-22(28-18-12-10-9-11-13-18)21(27-17(4)23)20(19)25-15-8-6-2/h9-13,16,19-22H,5-8,14-15H2,1-4H3. The quantitative estimate of drug-likeness (QED) is 0.385. The van der Waals surface area contributed by atoms with Gasteiger partial charge in [-0.2, -0.15) is 0 Å². The molecule has 1 aliphatic heterocycles. The van der Waals surface area contributed by atoms with Gasteiger partial charge in [0, 0.05) is 25.0 Å². The van der Waals surface area contributed by atoms with Gasteiger partial charge in [-0.25, -0.2) is 0 Å². The number of carbonyl (C=O) groups excluding carboxylic acids is 1. The summed E-state index contributed by atoms with van der Waals surface area (Å²) in [5, 5.41) is 0. The summed E-state index contributed by atoms with van der Waals surface area (Å²) in [6, 6.07) is 10.0. The summed E-state index contributed by atoms with van der Waals surface area (Å²) in [5.41, 5.74) is -0.348. The van der Waals surface area contributed by atoms with E-state index in [0.717, 1.165) is 30.6 Å². The summed E-state index contributed by atoms with van der Waals surface area (Å²) < 4.78 is 24.3. The molecule has 5 atom stereocenters. The van der Waals surface area contributed by atoms with E-state index < -0.39 is 6.10 Å². The summed E-state index contributed by atoms with van der Waals surface area (Å²) in [6.45, 7) is 8.96. The Morgan fingerprint density at radius 2 is 1.61 bits per heavy atom. The lowest BCUT2D eigenvalue weighted by atomic mass is 10.00. The zero-order valence-electron chi connectivity index (χ0n) is 17.5. The molecule has 5 unspecified atom stereocenters. The van der Waals surface area contributed by atoms with Crippen molar-refractivity contribution in [3.8, 4) is 0 Å². The lowest BCUT2D eigenvalue weighted by Crippen LogP contribution is -2.59. The zero-order valence-corrected chi connectivity index (χ0v) is 18.3. The first kappa shape index (κ1) is 23.2. The van der Waals surface area contributed by atoms with E-state index >= 15 is 0 Å². The molecule has 0 aromatic heterocycles. The van der Waals surface area contributed by atoms with Crippen LogP contribution in [0.3, 0.4) is 0 Å². The minimum Gasteiger partial charge on any atom is -0.456 e. The topological polar surface area (TPSA) is 54.0 Å². The van der Waals surface area contributed by atoms with E-state index in [9.17, 15) is 4.79 Å². The fraction of sp³-hybridized carbons (Fsp3) is 0.682. The highest BCUT2D eigenvalue weighted by atomic mass is 32.2. The highest BCUT2D eigenvalue weighted by molar-refractivity contribution is 7.99. The fourth-order valence-electron chi connectivity index (χ4n) is 3.17. The van der Waals surface area contributed by atoms with Crippen LogP contribution in [0.2, 0.25) is 0 Å². The Hall–Kier alpha value is -1.08. The van der Waals surface area contributed by atoms with Gasteiger partial charge >= 0.3 is 5.97 Å². The van der Waals surface area contributed by atoms with Crippen molar-refractivity contribution in [2.24, 2.45) is 0 Å². The number of rotatable bonds is 11. The van der Waals surface area contributed by atoms with Crippen LogP contribution in [0.5, 0.6) is 0 Å². The van der Waals surface area contributed by atoms with E-state index in [4.69, 9.17) is 18.9 Å². The number of hydrogen-bond donors (Lipinski definition) is 0. The van der Waals surface area contributed by atoms with Gasteiger partial charge < -0.3 is 18.9 Å². The molecule has 0 saturated carbocycles. The molecule has 1 heterocycles. The number of hydrogen-bond acceptors (Lipinski definition) is 6. The third-order valence-electron chi connectivity index (χ3n) is 4.64. The Kier molecular flexibility index (Phi) is 10.3. The van der Waals surface area contributed by atoms with Gasteiger partial charge in [0.1, 0.15) is 17.6 Å². The van der Waals surface area contributed by atoms with Crippen LogP contribution in [0.15, 0.2) is 35.2 Å². The molecule has 5 nitrogen and oxygen atoms in total. The van der Waals surface area contributed by atoms with Crippen LogP contribution in [0.25, 0.3) is 0 Å². The number of carbonyl (C=O) groups is 1. The average molecular weight is 411 g/mol. The molecule has 2 rings (SSSR count). The van der Waals surface area contributed by atoms with E-state index in [1.165, 1.54) is 6.92 Å². The zero-order chi connectivity index (χ0) is 20.4. The second-order valence-corrected chi connectivity index (χ2v) is 8.26. The summed E-state index contributed by atoms with van der Waals surface area (Å²) in [4.78, 5) is 12.9. The maximum Gasteiger partial charge on any atom is 0.303 e. The van der Waals surface area contributed by atoms with Crippen molar-refractivity contribution in [3.05, 3.63) is 30.3 Å². The third kappa shape index (κ3) is 7.07. The Balaban J connectivity index is 2.21. The monoisotopic (exact) mass is 410 g/mol. The molecule has 0 radical (unpaired) electrons. The van der Waals surface area contributed by atoms with Crippen LogP contribution >= 0.6 is 11.8 Å². The molecule has 28 heavy (non-hydrogen) atoms. The van der Waals surface area contributed by atoms with Gasteiger partial charge in [-0.1, -0.05) is 56.7 Å². The van der Waals surface area contributed by atoms with E-state index in [-0.39, 0.29) is 29.7 Å². The van der Waals surface area contributed by atoms with E-state index in [1.54, 1.807) is 11.8 Å². The largest absolute Gasteiger partial charge is 0.456 e. The van der Waals surface area contributed by atoms with Crippen molar-refractivity contribution >= 4 is 17.7 Å². The molecule has 0 bridgehead atoms. The molecule has 6 heteroatoms. The normalized spacial score (nSPS) is 27.5. The van der Waals surface area contributed by atoms with Crippen molar-refractivity contribution in [1.82, 2.24) is 0 Å². The van der Waals surface area contributed by atoms with Crippen molar-refractivity contribution < 1.29 is 23.7 Å². The highest BCUT2D eigenvalue weighted by Crippen LogP contribution is 2.37. The summed E-state index contributed by atoms with van der Waals surface area (Å²) in [7, 11) is 0. The fourth-order valence-corrected chi connectivity index (χ4v) is 4.32. The number of unbranched alkanes of at least 4 members (excludes halogenated alkanes) is 2. The Bertz CT molecular complexity index is 567. The van der Waals surface area contributed by atoms with Crippen LogP contribution in [0.4, 0.5) is 0 Å². The second kappa shape index (κ2) is 12.5. The molecule has 1 saturated heterocycles. The van der Waals surface area contributed by atoms with Gasteiger partial charge in [0.15, 0.2) is 6.10 Å². The van der Waals surface area contributed by atoms with E-state index in [0.29, 0.717) is 13.2 Å². The smallest absolute Gasteiger partial charge is 0.303 e. The van der Waals surface area contributed by atoms with Crippen LogP contribution in [0.1, 0.15) is 53.4 Å². The molecular weight excluding hydrogens is 376 g/mol. The molecule has 0 N–H and O–H groups in total. The maximum atomic E-state index is 11.9. The molecule has 1 aromatic carbocycles. The maximum absolute atomic E-state index is 11.9. The predicted molar refractivity (Wildman–Crippen MR) is 111 cm³/mol. The van der Waals surface area contributed by atoms with Gasteiger partial charge in [0.25, 0.3) is 0 Å². The number of thioether (sulfide) groups is 1. The van der Waals surface area contributed by atoms with Crippen LogP contribution in [-0.4, -0.2) is 49.0 Å². The summed E-state index contributed by atoms with van der Waals surface area (Å²) in [5.74, 6) is -0.335. The van der Waals surface area contributed by atoms with Gasteiger partial charge in [0.2, 0.25) is 0 Å². The Morgan fingerprint density at radius 1 is 1.00 bits per heavy atom. The summed E-state index contributed by atoms with van der Waals surface area (Å²) >= 11 is 1.56. The summed E-state index contributed by atoms with van der Waals surface area (Å²) in [6.07, 6.45) is 2.74. The van der Waals surface area contributed by atoms with Gasteiger partial charge in [-0.3, -0.25) is 4.79 Å². The average Bonchev–Trinajstić information content (AvgIpc) is 2.67. The molecule has 158 valence electrons. The first-order valence-electron chi connectivity index (χ1n) is 10.3. The highest BCUT2D eigenvalue weighted by Gasteiger charge is 2.48. The predicted octanol–water partition coefficient (Wildman–Crippen LogP) is 4.83. The van der Waals surface area contributed by atoms with Gasteiger partial charge in [0.05, 0.1) is 6.10 Å². The first-order chi connectivity index (χ1) is 13.6. The van der Waals surface area contributed by atoms with Crippen molar-refractivity contribution in [1.29, 1.82) is 0 Å². The van der Waals surface area contributed by atoms with Gasteiger partial charge in [-0.05, 0) is 31.9 Å². The lowest BCUT2D eigenvalue weighted by molar-refractivity contribution is -0.232. The second-order valence-electron chi connectivity index (χ2n) is 7.09. The van der Waals surface area contributed by atoms with E-state index in [1.807, 2.05) is 37.3 Å². The first-order valence-corrected chi connectivity index (χ1v) is 11.2. The number of ether oxygens (including phenoxy) is 4. The van der Waals surface area contributed by atoms with Crippen molar-refractivity contribution in [2.75, 3.05) is 13.2 Å². The minimum atomic E-state index is -0.526. The molecule has 1 aliphatic rings. The van der Waals surface area contributed by atoms with Crippen molar-refractivity contribution in [2.45, 2.75) is 88.1 Å². The number of esters is 1. The molecule has 0 amide bonds. The molecule has 0 spiro atoms. The lowest BCUT2D eigenvalue weighted by Gasteiger charge is -2.44. The molecule has 0 aliphatic carbocycles. The minimum absolute atomic E-state index is 0.156. The van der Waals surface area contributed by atoms with Crippen molar-refractivity contribution in [3.63, 3.8) is 0 Å². The molecular formula is C22H34O5S. The Morgan fingerprint density at radius 3 is 2.18 bits per heavy atom. The van der Waals surface area contributed by atoms with Crippen LogP contribution in [0, 0.1) is 0 Å². The van der Waals surface area contributed by atoms with E-state index in [2.05, 4.69) is 13.8 Å². The third-order valence-corrected chi connectivity index (χ3v) is 5.80.